The average Bonchev–Trinajstić information content (AvgIpc) is 4.11. The van der Waals surface area contributed by atoms with Crippen molar-refractivity contribution in [2.75, 3.05) is 40.5 Å². The Morgan fingerprint density at radius 2 is 0.935 bits per heavy atom. The van der Waals surface area contributed by atoms with E-state index >= 15 is 0 Å². The number of ketones is 2. The Kier molecular flexibility index (Phi) is 14.7. The molecule has 2 aromatic carbocycles. The first kappa shape index (κ1) is 45.7. The monoisotopic (exact) mass is 858 g/mol. The van der Waals surface area contributed by atoms with Gasteiger partial charge in [0.25, 0.3) is 0 Å². The molecule has 16 nitrogen and oxygen atoms in total. The molecule has 2 N–H and O–H groups in total. The number of rotatable bonds is 15. The SMILES string of the molecule is COC(=O)N[C@H](C(=O)N1CCC[C@@H]1C(=O)OCC(=O)c1ccc(-c2ccc(C(=O)COC(=O)[C@@H]3CCCN3C(=O)[C@@H](NC(=O)OC)C(C)C)c3c2CCC3)c2c1CCC2)C(C)C. The zero-order valence-corrected chi connectivity index (χ0v) is 36.5. The first-order chi connectivity index (χ1) is 29.7. The molecule has 2 aliphatic carbocycles. The zero-order valence-electron chi connectivity index (χ0n) is 36.5. The number of nitrogens with one attached hydrogen (secondary N) is 2. The first-order valence-corrected chi connectivity index (χ1v) is 21.7. The van der Waals surface area contributed by atoms with Gasteiger partial charge in [0, 0.05) is 24.2 Å². The Labute approximate surface area is 361 Å². The number of likely N-dealkylation sites (tertiary alicyclic amines) is 2. The van der Waals surface area contributed by atoms with E-state index in [1.165, 1.54) is 24.0 Å². The number of alkyl carbamates (subject to hydrolysis) is 2. The number of amides is 4. The lowest BCUT2D eigenvalue weighted by Gasteiger charge is -2.29. The molecular weight excluding hydrogens is 801 g/mol. The lowest BCUT2D eigenvalue weighted by atomic mass is 9.87. The van der Waals surface area contributed by atoms with Gasteiger partial charge in [0.1, 0.15) is 24.2 Å². The minimum Gasteiger partial charge on any atom is -0.456 e. The normalized spacial score (nSPS) is 18.8. The summed E-state index contributed by atoms with van der Waals surface area (Å²) in [5.41, 5.74) is 6.87. The maximum atomic E-state index is 13.7. The highest BCUT2D eigenvalue weighted by atomic mass is 16.6. The van der Waals surface area contributed by atoms with Gasteiger partial charge in [-0.1, -0.05) is 52.0 Å². The summed E-state index contributed by atoms with van der Waals surface area (Å²) in [5, 5.41) is 5.11. The van der Waals surface area contributed by atoms with E-state index in [-0.39, 0.29) is 23.4 Å². The molecule has 16 heteroatoms. The number of Topliss-reactive ketones (excluding diaryl/α,β-unsaturated/α-hetero) is 2. The predicted octanol–water partition coefficient (Wildman–Crippen LogP) is 4.53. The smallest absolute Gasteiger partial charge is 0.407 e. The summed E-state index contributed by atoms with van der Waals surface area (Å²) in [7, 11) is 2.42. The van der Waals surface area contributed by atoms with Crippen LogP contribution in [0.25, 0.3) is 11.1 Å². The fourth-order valence-electron chi connectivity index (χ4n) is 9.37. The molecule has 6 rings (SSSR count). The van der Waals surface area contributed by atoms with Crippen molar-refractivity contribution in [1.29, 1.82) is 0 Å². The van der Waals surface area contributed by atoms with Crippen LogP contribution in [0.1, 0.15) is 109 Å². The van der Waals surface area contributed by atoms with Crippen molar-refractivity contribution < 1.29 is 57.3 Å². The molecule has 62 heavy (non-hydrogen) atoms. The zero-order chi connectivity index (χ0) is 44.8. The number of fused-ring (bicyclic) bond motifs is 2. The Morgan fingerprint density at radius 1 is 0.565 bits per heavy atom. The third-order valence-corrected chi connectivity index (χ3v) is 12.6. The van der Waals surface area contributed by atoms with E-state index in [2.05, 4.69) is 20.1 Å². The predicted molar refractivity (Wildman–Crippen MR) is 224 cm³/mol. The van der Waals surface area contributed by atoms with Crippen molar-refractivity contribution >= 4 is 47.5 Å². The van der Waals surface area contributed by atoms with Crippen LogP contribution in [0, 0.1) is 11.8 Å². The van der Waals surface area contributed by atoms with E-state index in [9.17, 15) is 38.4 Å². The number of ether oxygens (including phenoxy) is 4. The molecule has 2 heterocycles. The van der Waals surface area contributed by atoms with E-state index in [4.69, 9.17) is 9.47 Å². The van der Waals surface area contributed by atoms with E-state index in [0.717, 1.165) is 59.1 Å². The van der Waals surface area contributed by atoms with Crippen LogP contribution in [0.15, 0.2) is 24.3 Å². The van der Waals surface area contributed by atoms with Crippen LogP contribution in [0.3, 0.4) is 0 Å². The van der Waals surface area contributed by atoms with Gasteiger partial charge in [-0.25, -0.2) is 19.2 Å². The Bertz CT molecular complexity index is 1970. The first-order valence-electron chi connectivity index (χ1n) is 21.7. The third kappa shape index (κ3) is 9.63. The summed E-state index contributed by atoms with van der Waals surface area (Å²) in [4.78, 5) is 107. The summed E-state index contributed by atoms with van der Waals surface area (Å²) >= 11 is 0. The summed E-state index contributed by atoms with van der Waals surface area (Å²) in [6, 6.07) is 3.87. The van der Waals surface area contributed by atoms with E-state index in [1.54, 1.807) is 39.8 Å². The Hall–Kier alpha value is -5.80. The molecule has 4 amide bonds. The van der Waals surface area contributed by atoms with Crippen LogP contribution in [0.5, 0.6) is 0 Å². The Balaban J connectivity index is 1.11. The molecule has 4 aliphatic rings. The van der Waals surface area contributed by atoms with Gasteiger partial charge in [0.2, 0.25) is 23.4 Å². The van der Waals surface area contributed by atoms with Gasteiger partial charge in [-0.2, -0.15) is 0 Å². The average molecular weight is 859 g/mol. The fraction of sp³-hybridized carbons (Fsp3) is 0.565. The van der Waals surface area contributed by atoms with Gasteiger partial charge in [0.15, 0.2) is 13.2 Å². The summed E-state index contributed by atoms with van der Waals surface area (Å²) < 4.78 is 20.5. The molecule has 334 valence electrons. The molecule has 0 aromatic heterocycles. The Morgan fingerprint density at radius 3 is 1.29 bits per heavy atom. The highest BCUT2D eigenvalue weighted by Crippen LogP contribution is 2.40. The number of carbonyl (C=O) groups excluding carboxylic acids is 8. The van der Waals surface area contributed by atoms with Crippen molar-refractivity contribution in [3.05, 3.63) is 57.6 Å². The fourth-order valence-corrected chi connectivity index (χ4v) is 9.37. The second-order valence-electron chi connectivity index (χ2n) is 17.1. The molecule has 4 atom stereocenters. The largest absolute Gasteiger partial charge is 0.456 e. The molecule has 0 radical (unpaired) electrons. The number of carbonyl (C=O) groups is 8. The van der Waals surface area contributed by atoms with Gasteiger partial charge in [-0.15, -0.1) is 0 Å². The van der Waals surface area contributed by atoms with Gasteiger partial charge < -0.3 is 39.4 Å². The van der Waals surface area contributed by atoms with Crippen molar-refractivity contribution in [3.8, 4) is 11.1 Å². The highest BCUT2D eigenvalue weighted by Gasteiger charge is 2.41. The van der Waals surface area contributed by atoms with Crippen LogP contribution in [-0.2, 0) is 63.8 Å². The molecule has 2 aliphatic heterocycles. The van der Waals surface area contributed by atoms with E-state index < -0.39 is 73.3 Å². The van der Waals surface area contributed by atoms with Crippen molar-refractivity contribution in [3.63, 3.8) is 0 Å². The van der Waals surface area contributed by atoms with Gasteiger partial charge in [0.05, 0.1) is 14.2 Å². The van der Waals surface area contributed by atoms with Crippen molar-refractivity contribution in [1.82, 2.24) is 20.4 Å². The summed E-state index contributed by atoms with van der Waals surface area (Å²) in [5.74, 6) is -3.36. The van der Waals surface area contributed by atoms with E-state index in [0.29, 0.717) is 62.7 Å². The lowest BCUT2D eigenvalue weighted by Crippen LogP contribution is -2.54. The van der Waals surface area contributed by atoms with Crippen LogP contribution in [-0.4, -0.2) is 122 Å². The van der Waals surface area contributed by atoms with E-state index in [1.807, 2.05) is 12.1 Å². The third-order valence-electron chi connectivity index (χ3n) is 12.6. The molecule has 0 unspecified atom stereocenters. The quantitative estimate of drug-likeness (QED) is 0.144. The van der Waals surface area contributed by atoms with Gasteiger partial charge >= 0.3 is 24.1 Å². The van der Waals surface area contributed by atoms with Crippen LogP contribution < -0.4 is 10.6 Å². The number of methoxy groups -OCH3 is 2. The number of hydrogen-bond acceptors (Lipinski definition) is 12. The number of nitrogens with zero attached hydrogens (tertiary/aromatic N) is 2. The number of esters is 2. The molecule has 2 saturated heterocycles. The van der Waals surface area contributed by atoms with Crippen molar-refractivity contribution in [2.45, 2.75) is 116 Å². The lowest BCUT2D eigenvalue weighted by molar-refractivity contribution is -0.153. The molecular formula is C46H58N4O12. The van der Waals surface area contributed by atoms with Crippen molar-refractivity contribution in [2.24, 2.45) is 11.8 Å². The highest BCUT2D eigenvalue weighted by molar-refractivity contribution is 6.03. The molecule has 0 saturated carbocycles. The molecule has 2 fully saturated rings. The maximum absolute atomic E-state index is 13.7. The van der Waals surface area contributed by atoms with Gasteiger partial charge in [-0.3, -0.25) is 19.2 Å². The standard InChI is InChI=1S/C46H58N4O12/c1-25(2)39(47-45(57)59-5)41(53)49-21-9-15-35(49)43(55)61-23-37(51)33-19-17-31(27-11-7-13-29(27)33)32-18-20-34(30-14-8-12-28(30)32)38(52)24-62-44(56)36-16-10-22-50(36)42(54)40(26(3)4)48-46(58)60-6/h17-20,25-26,35-36,39-40H,7-16,21-24H2,1-6H3,(H,47,57)(H,48,58)/t35-,36+,39-,40-/m0/s1. The topological polar surface area (TPSA) is 204 Å². The number of benzene rings is 2. The molecule has 0 bridgehead atoms. The van der Waals surface area contributed by atoms with Gasteiger partial charge in [-0.05, 0) is 109 Å². The second-order valence-corrected chi connectivity index (χ2v) is 17.1. The minimum atomic E-state index is -0.891. The van der Waals surface area contributed by atoms with Crippen LogP contribution >= 0.6 is 0 Å². The van der Waals surface area contributed by atoms with Crippen LogP contribution in [0.2, 0.25) is 0 Å². The van der Waals surface area contributed by atoms with Crippen LogP contribution in [0.4, 0.5) is 9.59 Å². The maximum Gasteiger partial charge on any atom is 0.407 e. The second kappa shape index (κ2) is 19.9. The minimum absolute atomic E-state index is 0.262. The summed E-state index contributed by atoms with van der Waals surface area (Å²) in [6.45, 7) is 6.82. The molecule has 0 spiro atoms. The number of hydrogen-bond donors (Lipinski definition) is 2. The summed E-state index contributed by atoms with van der Waals surface area (Å²) in [6.07, 6.45) is 4.98. The molecule has 2 aromatic rings.